The third kappa shape index (κ3) is 4.17. The normalized spacial score (nSPS) is 15.5. The average molecular weight is 399 g/mol. The second-order valence-corrected chi connectivity index (χ2v) is 8.52. The van der Waals surface area contributed by atoms with Gasteiger partial charge in [-0.1, -0.05) is 23.7 Å². The molecule has 26 heavy (non-hydrogen) atoms. The van der Waals surface area contributed by atoms with E-state index in [0.717, 1.165) is 36.5 Å². The van der Waals surface area contributed by atoms with Gasteiger partial charge in [0, 0.05) is 32.4 Å². The first kappa shape index (κ1) is 19.1. The molecule has 8 heteroatoms. The molecule has 140 valence electrons. The number of hydrogen-bond acceptors (Lipinski definition) is 4. The van der Waals surface area contributed by atoms with Gasteiger partial charge in [-0.25, -0.2) is 12.8 Å². The van der Waals surface area contributed by atoms with Gasteiger partial charge in [-0.05, 0) is 35.9 Å². The lowest BCUT2D eigenvalue weighted by Gasteiger charge is -2.29. The smallest absolute Gasteiger partial charge is 0.244 e. The Balaban J connectivity index is 1.73. The van der Waals surface area contributed by atoms with Crippen molar-refractivity contribution in [2.24, 2.45) is 0 Å². The summed E-state index contributed by atoms with van der Waals surface area (Å²) >= 11 is 5.91. The summed E-state index contributed by atoms with van der Waals surface area (Å²) in [5.41, 5.74) is 1.94. The summed E-state index contributed by atoms with van der Waals surface area (Å²) in [6.07, 6.45) is 0. The van der Waals surface area contributed by atoms with Crippen LogP contribution in [0, 0.1) is 5.82 Å². The number of benzene rings is 2. The van der Waals surface area contributed by atoms with Crippen molar-refractivity contribution >= 4 is 27.3 Å². The molecule has 1 aliphatic heterocycles. The van der Waals surface area contributed by atoms with Crippen LogP contribution in [0.25, 0.3) is 0 Å². The standard InChI is InChI=1S/C18H20ClFN2O3S/c1-21(26(23,24)18-7-4-15(20)12-17(18)19)13-14-2-5-16(6-3-14)22-8-10-25-11-9-22/h2-7,12H,8-11,13H2,1H3. The lowest BCUT2D eigenvalue weighted by molar-refractivity contribution is 0.122. The first-order chi connectivity index (χ1) is 12.4. The number of halogens is 2. The number of hydrogen-bond donors (Lipinski definition) is 0. The summed E-state index contributed by atoms with van der Waals surface area (Å²) in [4.78, 5) is 2.12. The number of rotatable bonds is 5. The Hall–Kier alpha value is -1.67. The molecule has 1 heterocycles. The second kappa shape index (κ2) is 7.92. The molecular weight excluding hydrogens is 379 g/mol. The largest absolute Gasteiger partial charge is 0.378 e. The lowest BCUT2D eigenvalue weighted by atomic mass is 10.2. The molecule has 0 spiro atoms. The molecule has 0 aromatic heterocycles. The number of anilines is 1. The van der Waals surface area contributed by atoms with E-state index in [9.17, 15) is 12.8 Å². The third-order valence-corrected chi connectivity index (χ3v) is 6.59. The fourth-order valence-electron chi connectivity index (χ4n) is 2.83. The van der Waals surface area contributed by atoms with Crippen LogP contribution in [0.5, 0.6) is 0 Å². The van der Waals surface area contributed by atoms with E-state index < -0.39 is 15.8 Å². The van der Waals surface area contributed by atoms with E-state index in [2.05, 4.69) is 4.90 Å². The molecule has 0 saturated carbocycles. The van der Waals surface area contributed by atoms with E-state index in [1.54, 1.807) is 0 Å². The quantitative estimate of drug-likeness (QED) is 0.776. The minimum Gasteiger partial charge on any atom is -0.378 e. The molecule has 0 amide bonds. The number of ether oxygens (including phenoxy) is 1. The number of nitrogens with zero attached hydrogens (tertiary/aromatic N) is 2. The van der Waals surface area contributed by atoms with E-state index in [0.29, 0.717) is 13.2 Å². The van der Waals surface area contributed by atoms with Gasteiger partial charge < -0.3 is 9.64 Å². The van der Waals surface area contributed by atoms with Gasteiger partial charge in [0.2, 0.25) is 10.0 Å². The van der Waals surface area contributed by atoms with E-state index in [4.69, 9.17) is 16.3 Å². The van der Waals surface area contributed by atoms with E-state index >= 15 is 0 Å². The Morgan fingerprint density at radius 2 is 1.81 bits per heavy atom. The molecule has 2 aromatic rings. The van der Waals surface area contributed by atoms with Crippen molar-refractivity contribution in [3.63, 3.8) is 0 Å². The molecule has 2 aromatic carbocycles. The average Bonchev–Trinajstić information content (AvgIpc) is 2.62. The fraction of sp³-hybridized carbons (Fsp3) is 0.333. The van der Waals surface area contributed by atoms with Crippen LogP contribution in [0.15, 0.2) is 47.4 Å². The van der Waals surface area contributed by atoms with Crippen molar-refractivity contribution in [1.82, 2.24) is 4.31 Å². The monoisotopic (exact) mass is 398 g/mol. The van der Waals surface area contributed by atoms with Gasteiger partial charge in [0.1, 0.15) is 10.7 Å². The molecule has 0 unspecified atom stereocenters. The van der Waals surface area contributed by atoms with Gasteiger partial charge >= 0.3 is 0 Å². The van der Waals surface area contributed by atoms with Crippen LogP contribution in [0.3, 0.4) is 0 Å². The van der Waals surface area contributed by atoms with E-state index in [1.165, 1.54) is 17.4 Å². The maximum absolute atomic E-state index is 13.2. The summed E-state index contributed by atoms with van der Waals surface area (Å²) in [6.45, 7) is 3.30. The summed E-state index contributed by atoms with van der Waals surface area (Å²) in [6, 6.07) is 11.0. The number of morpholine rings is 1. The minimum atomic E-state index is -3.81. The van der Waals surface area contributed by atoms with Crippen LogP contribution >= 0.6 is 11.6 Å². The Bertz CT molecular complexity index is 869. The highest BCUT2D eigenvalue weighted by Gasteiger charge is 2.24. The molecule has 0 bridgehead atoms. The molecule has 3 rings (SSSR count). The third-order valence-electron chi connectivity index (χ3n) is 4.30. The van der Waals surface area contributed by atoms with Crippen LogP contribution in [0.4, 0.5) is 10.1 Å². The Kier molecular flexibility index (Phi) is 5.82. The molecule has 0 aliphatic carbocycles. The van der Waals surface area contributed by atoms with Crippen LogP contribution in [-0.2, 0) is 21.3 Å². The fourth-order valence-corrected chi connectivity index (χ4v) is 4.49. The van der Waals surface area contributed by atoms with Crippen LogP contribution in [0.2, 0.25) is 5.02 Å². The summed E-state index contributed by atoms with van der Waals surface area (Å²) in [5.74, 6) is -0.574. The zero-order valence-electron chi connectivity index (χ0n) is 14.4. The van der Waals surface area contributed by atoms with Gasteiger partial charge in [-0.15, -0.1) is 0 Å². The minimum absolute atomic E-state index is 0.104. The Labute approximate surface area is 158 Å². The highest BCUT2D eigenvalue weighted by atomic mass is 35.5. The second-order valence-electron chi connectivity index (χ2n) is 6.10. The summed E-state index contributed by atoms with van der Waals surface area (Å²) < 4.78 is 45.1. The first-order valence-corrected chi connectivity index (χ1v) is 10.0. The molecule has 0 N–H and O–H groups in total. The molecule has 0 radical (unpaired) electrons. The van der Waals surface area contributed by atoms with Gasteiger partial charge in [0.15, 0.2) is 0 Å². The van der Waals surface area contributed by atoms with E-state index in [-0.39, 0.29) is 16.5 Å². The predicted octanol–water partition coefficient (Wildman–Crippen LogP) is 3.14. The zero-order chi connectivity index (χ0) is 18.7. The molecule has 1 aliphatic rings. The van der Waals surface area contributed by atoms with Crippen molar-refractivity contribution in [3.05, 3.63) is 58.9 Å². The van der Waals surface area contributed by atoms with Crippen molar-refractivity contribution < 1.29 is 17.5 Å². The van der Waals surface area contributed by atoms with Crippen molar-refractivity contribution in [2.75, 3.05) is 38.3 Å². The highest BCUT2D eigenvalue weighted by molar-refractivity contribution is 7.89. The van der Waals surface area contributed by atoms with Gasteiger partial charge in [0.25, 0.3) is 0 Å². The van der Waals surface area contributed by atoms with Crippen LogP contribution in [-0.4, -0.2) is 46.1 Å². The summed E-state index contributed by atoms with van der Waals surface area (Å²) in [5, 5.41) is -0.125. The van der Waals surface area contributed by atoms with Crippen molar-refractivity contribution in [2.45, 2.75) is 11.4 Å². The molecule has 1 saturated heterocycles. The number of sulfonamides is 1. The van der Waals surface area contributed by atoms with Gasteiger partial charge in [-0.3, -0.25) is 0 Å². The maximum atomic E-state index is 13.2. The highest BCUT2D eigenvalue weighted by Crippen LogP contribution is 2.26. The van der Waals surface area contributed by atoms with Crippen molar-refractivity contribution in [3.8, 4) is 0 Å². The molecule has 1 fully saturated rings. The summed E-state index contributed by atoms with van der Waals surface area (Å²) in [7, 11) is -2.33. The van der Waals surface area contributed by atoms with Gasteiger partial charge in [-0.2, -0.15) is 4.31 Å². The maximum Gasteiger partial charge on any atom is 0.244 e. The Morgan fingerprint density at radius 1 is 1.15 bits per heavy atom. The first-order valence-electron chi connectivity index (χ1n) is 8.21. The topological polar surface area (TPSA) is 49.9 Å². The lowest BCUT2D eigenvalue weighted by Crippen LogP contribution is -2.36. The van der Waals surface area contributed by atoms with Gasteiger partial charge in [0.05, 0.1) is 18.2 Å². The SMILES string of the molecule is CN(Cc1ccc(N2CCOCC2)cc1)S(=O)(=O)c1ccc(F)cc1Cl. The molecular formula is C18H20ClFN2O3S. The Morgan fingerprint density at radius 3 is 2.42 bits per heavy atom. The predicted molar refractivity (Wildman–Crippen MR) is 99.5 cm³/mol. The van der Waals surface area contributed by atoms with Crippen LogP contribution < -0.4 is 4.90 Å². The van der Waals surface area contributed by atoms with E-state index in [1.807, 2.05) is 24.3 Å². The molecule has 0 atom stereocenters. The molecule has 5 nitrogen and oxygen atoms in total. The van der Waals surface area contributed by atoms with Crippen LogP contribution in [0.1, 0.15) is 5.56 Å². The van der Waals surface area contributed by atoms with Crippen molar-refractivity contribution in [1.29, 1.82) is 0 Å². The zero-order valence-corrected chi connectivity index (χ0v) is 15.9.